The lowest BCUT2D eigenvalue weighted by atomic mass is 9.62. The summed E-state index contributed by atoms with van der Waals surface area (Å²) in [5, 5.41) is 15.5. The molecule has 4 fully saturated rings. The number of carbonyl (C=O) groups is 3. The summed E-state index contributed by atoms with van der Waals surface area (Å²) in [5.41, 5.74) is -1.29. The lowest BCUT2D eigenvalue weighted by molar-refractivity contribution is -0.146. The summed E-state index contributed by atoms with van der Waals surface area (Å²) in [7, 11) is 0. The van der Waals surface area contributed by atoms with Crippen molar-refractivity contribution in [2.24, 2.45) is 17.8 Å². The van der Waals surface area contributed by atoms with E-state index in [1.807, 2.05) is 44.2 Å². The van der Waals surface area contributed by atoms with Gasteiger partial charge < -0.3 is 30.1 Å². The van der Waals surface area contributed by atoms with Crippen molar-refractivity contribution in [2.75, 3.05) is 57.9 Å². The number of nitrogens with one attached hydrogen (secondary N) is 2. The highest BCUT2D eigenvalue weighted by Crippen LogP contribution is 2.65. The van der Waals surface area contributed by atoms with Crippen LogP contribution in [0.3, 0.4) is 0 Å². The van der Waals surface area contributed by atoms with E-state index in [4.69, 9.17) is 9.47 Å². The number of likely N-dealkylation sites (tertiary alicyclic amines) is 1. The molecule has 1 aromatic rings. The third-order valence-electron chi connectivity index (χ3n) is 8.77. The molecule has 0 radical (unpaired) electrons. The summed E-state index contributed by atoms with van der Waals surface area (Å²) in [6.45, 7) is 8.22. The molecule has 10 nitrogen and oxygen atoms in total. The molecule has 3 N–H and O–H groups in total. The molecule has 1 aromatic carbocycles. The third-order valence-corrected chi connectivity index (χ3v) is 8.77. The van der Waals surface area contributed by atoms with Crippen molar-refractivity contribution in [3.05, 3.63) is 30.3 Å². The number of aliphatic hydroxyl groups excluding tert-OH is 1. The molecule has 3 unspecified atom stereocenters. The van der Waals surface area contributed by atoms with Crippen molar-refractivity contribution < 1.29 is 29.0 Å². The van der Waals surface area contributed by atoms with Crippen LogP contribution < -0.4 is 10.6 Å². The summed E-state index contributed by atoms with van der Waals surface area (Å²) < 4.78 is 12.1. The molecule has 4 saturated heterocycles. The topological polar surface area (TPSA) is 120 Å². The van der Waals surface area contributed by atoms with Gasteiger partial charge in [0.2, 0.25) is 17.7 Å². The van der Waals surface area contributed by atoms with Crippen LogP contribution in [0, 0.1) is 17.8 Å². The monoisotopic (exact) mass is 514 g/mol. The van der Waals surface area contributed by atoms with E-state index < -0.39 is 29.1 Å². The van der Waals surface area contributed by atoms with Crippen molar-refractivity contribution in [1.29, 1.82) is 0 Å². The third kappa shape index (κ3) is 4.43. The second-order valence-electron chi connectivity index (χ2n) is 10.9. The standard InChI is InChI=1S/C27H38N4O6/c1-18-17-27-21(20(26(18,2)37-27)23(33)29-19-7-4-3-5-8-19)25(35)31(10-6-14-32)22(27)24(34)28-9-11-30-12-15-36-16-13-30/h3-5,7-8,18,20-22,32H,6,9-17H2,1-2H3,(H,28,34)(H,29,33)/t18?,20-,21-,22?,26+,27?/m0/s1. The van der Waals surface area contributed by atoms with E-state index in [9.17, 15) is 19.5 Å². The van der Waals surface area contributed by atoms with Crippen molar-refractivity contribution in [2.45, 2.75) is 43.9 Å². The predicted octanol–water partition coefficient (Wildman–Crippen LogP) is 0.467. The Balaban J connectivity index is 1.40. The number of fused-ring (bicyclic) bond motifs is 1. The zero-order valence-corrected chi connectivity index (χ0v) is 21.7. The van der Waals surface area contributed by atoms with E-state index in [1.165, 1.54) is 0 Å². The Bertz CT molecular complexity index is 1020. The van der Waals surface area contributed by atoms with Gasteiger partial charge in [-0.15, -0.1) is 0 Å². The van der Waals surface area contributed by atoms with Crippen molar-refractivity contribution in [3.8, 4) is 0 Å². The van der Waals surface area contributed by atoms with Crippen LogP contribution in [0.5, 0.6) is 0 Å². The number of morpholine rings is 1. The Morgan fingerprint density at radius 2 is 1.86 bits per heavy atom. The molecule has 4 heterocycles. The Labute approximate surface area is 217 Å². The largest absolute Gasteiger partial charge is 0.396 e. The molecule has 4 aliphatic heterocycles. The van der Waals surface area contributed by atoms with Gasteiger partial charge in [-0.3, -0.25) is 19.3 Å². The highest BCUT2D eigenvalue weighted by molar-refractivity contribution is 6.02. The molecule has 202 valence electrons. The average molecular weight is 515 g/mol. The highest BCUT2D eigenvalue weighted by atomic mass is 16.5. The molecule has 0 aliphatic carbocycles. The van der Waals surface area contributed by atoms with Crippen LogP contribution in [0.25, 0.3) is 0 Å². The Morgan fingerprint density at radius 1 is 1.14 bits per heavy atom. The maximum absolute atomic E-state index is 13.9. The number of nitrogens with zero attached hydrogens (tertiary/aromatic N) is 2. The fraction of sp³-hybridized carbons (Fsp3) is 0.667. The molecule has 0 saturated carbocycles. The fourth-order valence-corrected chi connectivity index (χ4v) is 6.92. The SMILES string of the molecule is CC1CC23O[C@@]1(C)[C@H](C(=O)Nc1ccccc1)[C@H]2C(=O)N(CCCO)C3C(=O)NCCN1CCOCC1. The van der Waals surface area contributed by atoms with Crippen LogP contribution in [0.2, 0.25) is 0 Å². The fourth-order valence-electron chi connectivity index (χ4n) is 6.92. The average Bonchev–Trinajstić information content (AvgIpc) is 3.40. The van der Waals surface area contributed by atoms with E-state index in [1.54, 1.807) is 4.90 Å². The molecule has 2 bridgehead atoms. The summed E-state index contributed by atoms with van der Waals surface area (Å²) in [4.78, 5) is 45.1. The van der Waals surface area contributed by atoms with Crippen LogP contribution in [-0.4, -0.2) is 102 Å². The number of rotatable bonds is 9. The zero-order valence-electron chi connectivity index (χ0n) is 21.7. The van der Waals surface area contributed by atoms with E-state index in [2.05, 4.69) is 15.5 Å². The molecule has 10 heteroatoms. The van der Waals surface area contributed by atoms with Gasteiger partial charge in [-0.25, -0.2) is 0 Å². The minimum Gasteiger partial charge on any atom is -0.396 e. The molecular formula is C27H38N4O6. The van der Waals surface area contributed by atoms with Gasteiger partial charge in [-0.2, -0.15) is 0 Å². The summed E-state index contributed by atoms with van der Waals surface area (Å²) >= 11 is 0. The van der Waals surface area contributed by atoms with Gasteiger partial charge >= 0.3 is 0 Å². The number of aliphatic hydroxyl groups is 1. The van der Waals surface area contributed by atoms with Crippen molar-refractivity contribution in [3.63, 3.8) is 0 Å². The van der Waals surface area contributed by atoms with Crippen LogP contribution in [0.1, 0.15) is 26.7 Å². The van der Waals surface area contributed by atoms with Gasteiger partial charge in [0, 0.05) is 45.0 Å². The first-order valence-electron chi connectivity index (χ1n) is 13.4. The number of carbonyl (C=O) groups excluding carboxylic acids is 3. The lowest BCUT2D eigenvalue weighted by Crippen LogP contribution is -2.56. The molecule has 6 atom stereocenters. The van der Waals surface area contributed by atoms with Crippen molar-refractivity contribution in [1.82, 2.24) is 15.1 Å². The molecule has 0 aromatic heterocycles. The van der Waals surface area contributed by atoms with Gasteiger partial charge in [-0.05, 0) is 37.8 Å². The first-order valence-corrected chi connectivity index (χ1v) is 13.4. The van der Waals surface area contributed by atoms with Gasteiger partial charge in [-0.1, -0.05) is 25.1 Å². The Hall–Kier alpha value is -2.53. The normalized spacial score (nSPS) is 35.0. The minimum absolute atomic E-state index is 0.0236. The van der Waals surface area contributed by atoms with Crippen LogP contribution in [0.15, 0.2) is 30.3 Å². The number of ether oxygens (including phenoxy) is 2. The van der Waals surface area contributed by atoms with Crippen molar-refractivity contribution >= 4 is 23.4 Å². The summed E-state index contributed by atoms with van der Waals surface area (Å²) in [5.74, 6) is -2.29. The second-order valence-corrected chi connectivity index (χ2v) is 10.9. The smallest absolute Gasteiger partial charge is 0.245 e. The van der Waals surface area contributed by atoms with E-state index >= 15 is 0 Å². The maximum atomic E-state index is 13.9. The number of hydrogen-bond acceptors (Lipinski definition) is 7. The molecule has 4 aliphatic rings. The maximum Gasteiger partial charge on any atom is 0.245 e. The molecule has 3 amide bonds. The Morgan fingerprint density at radius 3 is 2.57 bits per heavy atom. The van der Waals surface area contributed by atoms with Crippen LogP contribution >= 0.6 is 0 Å². The quantitative estimate of drug-likeness (QED) is 0.438. The molecule has 37 heavy (non-hydrogen) atoms. The number of benzene rings is 1. The van der Waals surface area contributed by atoms with E-state index in [0.717, 1.165) is 13.1 Å². The first-order chi connectivity index (χ1) is 17.8. The molecule has 1 spiro atoms. The second kappa shape index (κ2) is 10.3. The number of para-hydroxylation sites is 1. The van der Waals surface area contributed by atoms with Gasteiger partial charge in [0.15, 0.2) is 0 Å². The number of hydrogen-bond donors (Lipinski definition) is 3. The van der Waals surface area contributed by atoms with Crippen LogP contribution in [0.4, 0.5) is 5.69 Å². The summed E-state index contributed by atoms with van der Waals surface area (Å²) in [6, 6.07) is 8.32. The zero-order chi connectivity index (χ0) is 26.2. The van der Waals surface area contributed by atoms with Crippen LogP contribution in [-0.2, 0) is 23.9 Å². The van der Waals surface area contributed by atoms with Gasteiger partial charge in [0.05, 0.1) is 30.7 Å². The lowest BCUT2D eigenvalue weighted by Gasteiger charge is -2.36. The highest BCUT2D eigenvalue weighted by Gasteiger charge is 2.79. The van der Waals surface area contributed by atoms with Gasteiger partial charge in [0.1, 0.15) is 11.6 Å². The first kappa shape index (κ1) is 26.1. The Kier molecular flexibility index (Phi) is 7.28. The minimum atomic E-state index is -1.08. The number of amides is 3. The van der Waals surface area contributed by atoms with E-state index in [0.29, 0.717) is 44.8 Å². The summed E-state index contributed by atoms with van der Waals surface area (Å²) in [6.07, 6.45) is 0.867. The van der Waals surface area contributed by atoms with E-state index in [-0.39, 0.29) is 36.8 Å². The number of anilines is 1. The van der Waals surface area contributed by atoms with Gasteiger partial charge in [0.25, 0.3) is 0 Å². The molecule has 5 rings (SSSR count). The molecular weight excluding hydrogens is 476 g/mol. The predicted molar refractivity (Wildman–Crippen MR) is 136 cm³/mol.